The van der Waals surface area contributed by atoms with E-state index in [1.807, 2.05) is 0 Å². The zero-order valence-corrected chi connectivity index (χ0v) is 11.9. The minimum absolute atomic E-state index is 0.00378. The van der Waals surface area contributed by atoms with Crippen molar-refractivity contribution >= 4 is 40.8 Å². The molecule has 0 aliphatic heterocycles. The molecular weight excluding hydrogens is 303 g/mol. The van der Waals surface area contributed by atoms with Gasteiger partial charge in [0, 0.05) is 13.2 Å². The van der Waals surface area contributed by atoms with E-state index < -0.39 is 11.9 Å². The lowest BCUT2D eigenvalue weighted by molar-refractivity contribution is 0.0698. The van der Waals surface area contributed by atoms with E-state index in [0.29, 0.717) is 5.69 Å². The zero-order valence-electron chi connectivity index (χ0n) is 10.4. The number of aromatic carboxylic acids is 1. The van der Waals surface area contributed by atoms with Gasteiger partial charge in [-0.05, 0) is 24.3 Å². The third kappa shape index (κ3) is 2.64. The van der Waals surface area contributed by atoms with E-state index in [9.17, 15) is 9.59 Å². The van der Waals surface area contributed by atoms with Crippen molar-refractivity contribution in [3.05, 3.63) is 51.8 Å². The number of carbonyl (C=O) groups excluding carboxylic acids is 1. The fourth-order valence-corrected chi connectivity index (χ4v) is 2.20. The highest BCUT2D eigenvalue weighted by Crippen LogP contribution is 2.32. The van der Waals surface area contributed by atoms with Gasteiger partial charge in [0.15, 0.2) is 0 Å². The summed E-state index contributed by atoms with van der Waals surface area (Å²) in [7, 11) is 1.70. The van der Waals surface area contributed by atoms with E-state index in [-0.39, 0.29) is 21.3 Å². The molecule has 0 spiro atoms. The van der Waals surface area contributed by atoms with Crippen LogP contribution < -0.4 is 5.32 Å². The second-order valence-corrected chi connectivity index (χ2v) is 4.86. The van der Waals surface area contributed by atoms with Crippen LogP contribution in [0.5, 0.6) is 0 Å². The Morgan fingerprint density at radius 1 is 1.20 bits per heavy atom. The molecule has 0 fully saturated rings. The van der Waals surface area contributed by atoms with Gasteiger partial charge in [-0.2, -0.15) is 0 Å². The molecule has 1 aromatic carbocycles. The summed E-state index contributed by atoms with van der Waals surface area (Å²) in [5.74, 6) is -1.73. The summed E-state index contributed by atoms with van der Waals surface area (Å²) < 4.78 is 1.61. The van der Waals surface area contributed by atoms with Crippen molar-refractivity contribution in [2.75, 3.05) is 5.32 Å². The number of aromatic nitrogens is 1. The predicted molar refractivity (Wildman–Crippen MR) is 76.8 cm³/mol. The van der Waals surface area contributed by atoms with Crippen molar-refractivity contribution in [2.45, 2.75) is 0 Å². The van der Waals surface area contributed by atoms with Gasteiger partial charge in [-0.1, -0.05) is 23.2 Å². The Kier molecular flexibility index (Phi) is 4.01. The molecule has 0 aliphatic rings. The first kappa shape index (κ1) is 14.4. The molecule has 1 heterocycles. The number of nitrogens with one attached hydrogen (secondary N) is 1. The van der Waals surface area contributed by atoms with Crippen molar-refractivity contribution in [3.63, 3.8) is 0 Å². The van der Waals surface area contributed by atoms with Crippen LogP contribution in [0, 0.1) is 0 Å². The highest BCUT2D eigenvalue weighted by molar-refractivity contribution is 6.38. The number of carbonyl (C=O) groups is 2. The molecule has 20 heavy (non-hydrogen) atoms. The standard InChI is InChI=1S/C13H10Cl2N2O3/c1-17-6-2-3-9(17)12(18)16-11-8(15)5-4-7(14)10(11)13(19)20/h2-6H,1H3,(H,16,18)(H,19,20). The molecule has 2 rings (SSSR count). The number of hydrogen-bond donors (Lipinski definition) is 2. The van der Waals surface area contributed by atoms with Crippen LogP contribution in [0.3, 0.4) is 0 Å². The van der Waals surface area contributed by atoms with Crippen LogP contribution >= 0.6 is 23.2 Å². The van der Waals surface area contributed by atoms with Gasteiger partial charge < -0.3 is 15.0 Å². The maximum atomic E-state index is 12.1. The summed E-state index contributed by atoms with van der Waals surface area (Å²) in [4.78, 5) is 23.3. The lowest BCUT2D eigenvalue weighted by Gasteiger charge is -2.12. The fraction of sp³-hybridized carbons (Fsp3) is 0.0769. The lowest BCUT2D eigenvalue weighted by atomic mass is 10.1. The molecule has 2 N–H and O–H groups in total. The van der Waals surface area contributed by atoms with Gasteiger partial charge in [0.1, 0.15) is 11.3 Å². The molecule has 2 aromatic rings. The first-order valence-electron chi connectivity index (χ1n) is 5.55. The van der Waals surface area contributed by atoms with Crippen LogP contribution in [0.4, 0.5) is 5.69 Å². The van der Waals surface area contributed by atoms with E-state index in [2.05, 4.69) is 5.32 Å². The van der Waals surface area contributed by atoms with Gasteiger partial charge in [0.25, 0.3) is 5.91 Å². The summed E-state index contributed by atoms with van der Waals surface area (Å²) in [6, 6.07) is 6.10. The Morgan fingerprint density at radius 2 is 1.85 bits per heavy atom. The first-order valence-corrected chi connectivity index (χ1v) is 6.31. The van der Waals surface area contributed by atoms with Gasteiger partial charge in [-0.15, -0.1) is 0 Å². The zero-order chi connectivity index (χ0) is 14.9. The molecule has 0 saturated heterocycles. The number of amides is 1. The second-order valence-electron chi connectivity index (χ2n) is 4.04. The van der Waals surface area contributed by atoms with Crippen molar-refractivity contribution in [3.8, 4) is 0 Å². The van der Waals surface area contributed by atoms with Crippen molar-refractivity contribution in [1.82, 2.24) is 4.57 Å². The fourth-order valence-electron chi connectivity index (χ4n) is 1.76. The SMILES string of the molecule is Cn1cccc1C(=O)Nc1c(Cl)ccc(Cl)c1C(=O)O. The van der Waals surface area contributed by atoms with Crippen LogP contribution in [0.15, 0.2) is 30.5 Å². The number of carboxylic acids is 1. The van der Waals surface area contributed by atoms with Gasteiger partial charge in [-0.25, -0.2) is 4.79 Å². The predicted octanol–water partition coefficient (Wildman–Crippen LogP) is 3.28. The molecule has 0 atom stereocenters. The quantitative estimate of drug-likeness (QED) is 0.913. The molecular formula is C13H10Cl2N2O3. The maximum Gasteiger partial charge on any atom is 0.339 e. The largest absolute Gasteiger partial charge is 0.478 e. The normalized spacial score (nSPS) is 10.3. The van der Waals surface area contributed by atoms with E-state index in [1.165, 1.54) is 12.1 Å². The Bertz CT molecular complexity index is 695. The summed E-state index contributed by atoms with van der Waals surface area (Å²) in [6.45, 7) is 0. The van der Waals surface area contributed by atoms with E-state index in [0.717, 1.165) is 0 Å². The van der Waals surface area contributed by atoms with Gasteiger partial charge in [0.2, 0.25) is 0 Å². The molecule has 0 radical (unpaired) electrons. The van der Waals surface area contributed by atoms with Crippen LogP contribution in [-0.4, -0.2) is 21.6 Å². The second kappa shape index (κ2) is 5.56. The first-order chi connectivity index (χ1) is 9.41. The number of rotatable bonds is 3. The van der Waals surface area contributed by atoms with Crippen LogP contribution in [0.1, 0.15) is 20.8 Å². The minimum Gasteiger partial charge on any atom is -0.478 e. The average molecular weight is 313 g/mol. The topological polar surface area (TPSA) is 71.3 Å². The number of aryl methyl sites for hydroxylation is 1. The van der Waals surface area contributed by atoms with Crippen molar-refractivity contribution in [2.24, 2.45) is 7.05 Å². The van der Waals surface area contributed by atoms with Gasteiger partial charge in [0.05, 0.1) is 15.7 Å². The molecule has 7 heteroatoms. The van der Waals surface area contributed by atoms with E-state index in [4.69, 9.17) is 28.3 Å². The summed E-state index contributed by atoms with van der Waals surface area (Å²) in [5.41, 5.74) is 0.122. The Morgan fingerprint density at radius 3 is 2.40 bits per heavy atom. The number of halogens is 2. The number of nitrogens with zero attached hydrogens (tertiary/aromatic N) is 1. The van der Waals surface area contributed by atoms with Gasteiger partial charge in [-0.3, -0.25) is 4.79 Å². The molecule has 5 nitrogen and oxygen atoms in total. The molecule has 0 unspecified atom stereocenters. The third-order valence-corrected chi connectivity index (χ3v) is 3.36. The van der Waals surface area contributed by atoms with Crippen LogP contribution in [0.25, 0.3) is 0 Å². The third-order valence-electron chi connectivity index (χ3n) is 2.73. The Hall–Kier alpha value is -1.98. The highest BCUT2D eigenvalue weighted by Gasteiger charge is 2.20. The average Bonchev–Trinajstić information content (AvgIpc) is 2.79. The Balaban J connectivity index is 2.44. The van der Waals surface area contributed by atoms with E-state index >= 15 is 0 Å². The number of benzene rings is 1. The number of hydrogen-bond acceptors (Lipinski definition) is 2. The smallest absolute Gasteiger partial charge is 0.339 e. The molecule has 1 amide bonds. The molecule has 0 aliphatic carbocycles. The molecule has 1 aromatic heterocycles. The maximum absolute atomic E-state index is 12.1. The number of anilines is 1. The van der Waals surface area contributed by atoms with Crippen molar-refractivity contribution in [1.29, 1.82) is 0 Å². The highest BCUT2D eigenvalue weighted by atomic mass is 35.5. The molecule has 104 valence electrons. The van der Waals surface area contributed by atoms with Crippen LogP contribution in [0.2, 0.25) is 10.0 Å². The van der Waals surface area contributed by atoms with Crippen molar-refractivity contribution < 1.29 is 14.7 Å². The van der Waals surface area contributed by atoms with E-state index in [1.54, 1.807) is 29.9 Å². The summed E-state index contributed by atoms with van der Waals surface area (Å²) >= 11 is 11.8. The monoisotopic (exact) mass is 312 g/mol. The Labute approximate surface area is 124 Å². The number of carboxylic acid groups (broad SMARTS) is 1. The molecule has 0 bridgehead atoms. The summed E-state index contributed by atoms with van der Waals surface area (Å²) in [6.07, 6.45) is 1.70. The lowest BCUT2D eigenvalue weighted by Crippen LogP contribution is -2.18. The minimum atomic E-state index is -1.26. The van der Waals surface area contributed by atoms with Crippen LogP contribution in [-0.2, 0) is 7.05 Å². The van der Waals surface area contributed by atoms with Gasteiger partial charge >= 0.3 is 5.97 Å². The molecule has 0 saturated carbocycles. The summed E-state index contributed by atoms with van der Waals surface area (Å²) in [5, 5.41) is 11.8.